The van der Waals surface area contributed by atoms with Crippen LogP contribution in [0.25, 0.3) is 0 Å². The van der Waals surface area contributed by atoms with E-state index in [4.69, 9.17) is 16.3 Å². The largest absolute Gasteiger partial charge is 0.382 e. The maximum absolute atomic E-state index is 12.9. The van der Waals surface area contributed by atoms with E-state index in [1.807, 2.05) is 24.3 Å². The molecule has 1 aliphatic heterocycles. The molecule has 1 aliphatic carbocycles. The van der Waals surface area contributed by atoms with Gasteiger partial charge in [0.2, 0.25) is 11.8 Å². The van der Waals surface area contributed by atoms with Crippen LogP contribution in [0.4, 0.5) is 0 Å². The van der Waals surface area contributed by atoms with Gasteiger partial charge in [0.15, 0.2) is 0 Å². The van der Waals surface area contributed by atoms with E-state index in [2.05, 4.69) is 5.32 Å². The summed E-state index contributed by atoms with van der Waals surface area (Å²) in [7, 11) is 1.68. The Kier molecular flexibility index (Phi) is 6.20. The molecule has 1 atom stereocenters. The lowest BCUT2D eigenvalue weighted by Crippen LogP contribution is -2.54. The second-order valence-electron chi connectivity index (χ2n) is 7.55. The highest BCUT2D eigenvalue weighted by atomic mass is 35.5. The molecule has 1 saturated carbocycles. The zero-order valence-electron chi connectivity index (χ0n) is 15.3. The van der Waals surface area contributed by atoms with Crippen LogP contribution >= 0.6 is 11.6 Å². The first-order valence-electron chi connectivity index (χ1n) is 9.34. The number of piperidine rings is 1. The number of halogens is 1. The van der Waals surface area contributed by atoms with Gasteiger partial charge in [0.05, 0.1) is 18.1 Å². The van der Waals surface area contributed by atoms with E-state index in [0.717, 1.165) is 31.2 Å². The van der Waals surface area contributed by atoms with E-state index in [1.165, 1.54) is 0 Å². The van der Waals surface area contributed by atoms with Gasteiger partial charge in [0, 0.05) is 31.6 Å². The third kappa shape index (κ3) is 4.57. The van der Waals surface area contributed by atoms with Crippen molar-refractivity contribution in [2.75, 3.05) is 20.3 Å². The molecule has 1 aromatic rings. The molecule has 0 radical (unpaired) electrons. The van der Waals surface area contributed by atoms with Crippen molar-refractivity contribution in [3.05, 3.63) is 34.9 Å². The van der Waals surface area contributed by atoms with Crippen molar-refractivity contribution in [1.82, 2.24) is 10.2 Å². The molecule has 3 rings (SSSR count). The van der Waals surface area contributed by atoms with Crippen molar-refractivity contribution in [3.63, 3.8) is 0 Å². The molecule has 26 heavy (non-hydrogen) atoms. The fourth-order valence-electron chi connectivity index (χ4n) is 4.09. The molecule has 1 heterocycles. The lowest BCUT2D eigenvalue weighted by molar-refractivity contribution is -0.139. The summed E-state index contributed by atoms with van der Waals surface area (Å²) in [5.74, 6) is 0.00311. The van der Waals surface area contributed by atoms with Crippen LogP contribution in [0.2, 0.25) is 5.02 Å². The van der Waals surface area contributed by atoms with Crippen LogP contribution < -0.4 is 5.32 Å². The van der Waals surface area contributed by atoms with E-state index in [0.29, 0.717) is 37.6 Å². The number of nitrogens with zero attached hydrogens (tertiary/aromatic N) is 1. The van der Waals surface area contributed by atoms with Crippen molar-refractivity contribution < 1.29 is 14.3 Å². The lowest BCUT2D eigenvalue weighted by Gasteiger charge is -2.35. The Labute approximate surface area is 160 Å². The highest BCUT2D eigenvalue weighted by Crippen LogP contribution is 2.31. The van der Waals surface area contributed by atoms with Gasteiger partial charge in [-0.25, -0.2) is 0 Å². The first kappa shape index (κ1) is 19.2. The van der Waals surface area contributed by atoms with Crippen molar-refractivity contribution in [2.24, 2.45) is 5.92 Å². The molecule has 1 saturated heterocycles. The third-order valence-electron chi connectivity index (χ3n) is 5.53. The molecule has 1 N–H and O–H groups in total. The Hall–Kier alpha value is -1.59. The Morgan fingerprint density at radius 2 is 2.00 bits per heavy atom. The minimum Gasteiger partial charge on any atom is -0.382 e. The van der Waals surface area contributed by atoms with Crippen molar-refractivity contribution in [2.45, 2.75) is 50.6 Å². The lowest BCUT2D eigenvalue weighted by atomic mass is 9.92. The minimum atomic E-state index is -0.228. The summed E-state index contributed by atoms with van der Waals surface area (Å²) in [4.78, 5) is 26.9. The van der Waals surface area contributed by atoms with Gasteiger partial charge in [0.25, 0.3) is 0 Å². The normalized spacial score (nSPS) is 22.5. The SMILES string of the molecule is COCC1(NC(=O)[C@@H]2CCC(=O)N(Cc3ccc(Cl)cc3)C2)CCCC1. The molecule has 142 valence electrons. The number of carbonyl (C=O) groups is 2. The monoisotopic (exact) mass is 378 g/mol. The van der Waals surface area contributed by atoms with Crippen LogP contribution in [0.3, 0.4) is 0 Å². The third-order valence-corrected chi connectivity index (χ3v) is 5.78. The summed E-state index contributed by atoms with van der Waals surface area (Å²) in [6.07, 6.45) is 5.21. The van der Waals surface area contributed by atoms with Gasteiger partial charge < -0.3 is 15.0 Å². The fourth-order valence-corrected chi connectivity index (χ4v) is 4.21. The summed E-state index contributed by atoms with van der Waals surface area (Å²) in [6, 6.07) is 7.49. The summed E-state index contributed by atoms with van der Waals surface area (Å²) in [5.41, 5.74) is 0.796. The van der Waals surface area contributed by atoms with Gasteiger partial charge in [0.1, 0.15) is 0 Å². The molecule has 5 nitrogen and oxygen atoms in total. The number of ether oxygens (including phenoxy) is 1. The molecule has 1 aromatic carbocycles. The zero-order valence-corrected chi connectivity index (χ0v) is 16.1. The number of rotatable bonds is 6. The van der Waals surface area contributed by atoms with Gasteiger partial charge in [-0.1, -0.05) is 36.6 Å². The summed E-state index contributed by atoms with van der Waals surface area (Å²) >= 11 is 5.92. The van der Waals surface area contributed by atoms with E-state index < -0.39 is 0 Å². The average molecular weight is 379 g/mol. The first-order chi connectivity index (χ1) is 12.5. The number of amides is 2. The molecule has 2 fully saturated rings. The van der Waals surface area contributed by atoms with Crippen LogP contribution in [0.15, 0.2) is 24.3 Å². The van der Waals surface area contributed by atoms with Crippen LogP contribution in [0.1, 0.15) is 44.1 Å². The number of nitrogens with one attached hydrogen (secondary N) is 1. The number of carbonyl (C=O) groups excluding carboxylic acids is 2. The fraction of sp³-hybridized carbons (Fsp3) is 0.600. The predicted octanol–water partition coefficient (Wildman–Crippen LogP) is 3.15. The predicted molar refractivity (Wildman–Crippen MR) is 101 cm³/mol. The number of benzene rings is 1. The zero-order chi connectivity index (χ0) is 18.6. The van der Waals surface area contributed by atoms with Gasteiger partial charge in [-0.15, -0.1) is 0 Å². The Bertz CT molecular complexity index is 641. The van der Waals surface area contributed by atoms with Gasteiger partial charge in [-0.05, 0) is 37.0 Å². The van der Waals surface area contributed by atoms with Crippen molar-refractivity contribution in [1.29, 1.82) is 0 Å². The van der Waals surface area contributed by atoms with Crippen molar-refractivity contribution in [3.8, 4) is 0 Å². The second-order valence-corrected chi connectivity index (χ2v) is 7.98. The topological polar surface area (TPSA) is 58.6 Å². The smallest absolute Gasteiger partial charge is 0.225 e. The quantitative estimate of drug-likeness (QED) is 0.827. The first-order valence-corrected chi connectivity index (χ1v) is 9.72. The molecule has 0 spiro atoms. The van der Waals surface area contributed by atoms with Crippen LogP contribution in [0.5, 0.6) is 0 Å². The summed E-state index contributed by atoms with van der Waals surface area (Å²) < 4.78 is 5.35. The molecule has 2 aliphatic rings. The van der Waals surface area contributed by atoms with Crippen LogP contribution in [0, 0.1) is 5.92 Å². The molecule has 0 aromatic heterocycles. The molecular formula is C20H27ClN2O3. The Morgan fingerprint density at radius 3 is 2.65 bits per heavy atom. The van der Waals surface area contributed by atoms with Gasteiger partial charge in [-0.2, -0.15) is 0 Å². The minimum absolute atomic E-state index is 0.0533. The number of methoxy groups -OCH3 is 1. The average Bonchev–Trinajstić information content (AvgIpc) is 3.07. The van der Waals surface area contributed by atoms with E-state index in [9.17, 15) is 9.59 Å². The molecule has 0 unspecified atom stereocenters. The molecule has 6 heteroatoms. The molecular weight excluding hydrogens is 352 g/mol. The van der Waals surface area contributed by atoms with E-state index in [-0.39, 0.29) is 23.3 Å². The Balaban J connectivity index is 1.62. The molecule has 2 amide bonds. The maximum atomic E-state index is 12.9. The highest BCUT2D eigenvalue weighted by molar-refractivity contribution is 6.30. The van der Waals surface area contributed by atoms with Gasteiger partial charge in [-0.3, -0.25) is 9.59 Å². The van der Waals surface area contributed by atoms with E-state index >= 15 is 0 Å². The van der Waals surface area contributed by atoms with Crippen molar-refractivity contribution >= 4 is 23.4 Å². The number of likely N-dealkylation sites (tertiary alicyclic amines) is 1. The highest BCUT2D eigenvalue weighted by Gasteiger charge is 2.38. The molecule has 0 bridgehead atoms. The van der Waals surface area contributed by atoms with Gasteiger partial charge >= 0.3 is 0 Å². The summed E-state index contributed by atoms with van der Waals surface area (Å²) in [6.45, 7) is 1.54. The summed E-state index contributed by atoms with van der Waals surface area (Å²) in [5, 5.41) is 3.93. The Morgan fingerprint density at radius 1 is 1.31 bits per heavy atom. The van der Waals surface area contributed by atoms with E-state index in [1.54, 1.807) is 12.0 Å². The standard InChI is InChI=1S/C20H27ClN2O3/c1-26-14-20(10-2-3-11-20)22-19(25)16-6-9-18(24)23(13-16)12-15-4-7-17(21)8-5-15/h4-5,7-8,16H,2-3,6,9-14H2,1H3,(H,22,25)/t16-/m1/s1. The van der Waals surface area contributed by atoms with Crippen LogP contribution in [-0.2, 0) is 20.9 Å². The number of hydrogen-bond acceptors (Lipinski definition) is 3. The second kappa shape index (κ2) is 8.40. The van der Waals surface area contributed by atoms with Crippen LogP contribution in [-0.4, -0.2) is 42.5 Å². The maximum Gasteiger partial charge on any atom is 0.225 e. The number of hydrogen-bond donors (Lipinski definition) is 1.